The lowest BCUT2D eigenvalue weighted by atomic mass is 9.67. The summed E-state index contributed by atoms with van der Waals surface area (Å²) in [5.74, 6) is 0. The van der Waals surface area contributed by atoms with Crippen LogP contribution in [0.5, 0.6) is 0 Å². The van der Waals surface area contributed by atoms with Gasteiger partial charge in [-0.2, -0.15) is 0 Å². The van der Waals surface area contributed by atoms with E-state index < -0.39 is 10.8 Å². The normalized spacial score (nSPS) is 13.7. The number of anilines is 3. The van der Waals surface area contributed by atoms with Gasteiger partial charge in [0.25, 0.3) is 0 Å². The second kappa shape index (κ2) is 15.8. The van der Waals surface area contributed by atoms with Crippen molar-refractivity contribution < 1.29 is 4.42 Å². The number of furan rings is 1. The van der Waals surface area contributed by atoms with E-state index in [1.54, 1.807) is 0 Å². The van der Waals surface area contributed by atoms with E-state index in [9.17, 15) is 0 Å². The predicted molar refractivity (Wildman–Crippen MR) is 288 cm³/mol. The molecule has 0 fully saturated rings. The Morgan fingerprint density at radius 1 is 0.271 bits per heavy atom. The molecule has 328 valence electrons. The molecule has 2 heteroatoms. The number of fused-ring (bicyclic) bond motifs is 9. The van der Waals surface area contributed by atoms with Crippen molar-refractivity contribution in [1.82, 2.24) is 0 Å². The number of hydrogen-bond acceptors (Lipinski definition) is 2. The average molecular weight is 892 g/mol. The maximum atomic E-state index is 6.64. The van der Waals surface area contributed by atoms with Gasteiger partial charge in [-0.25, -0.2) is 0 Å². The van der Waals surface area contributed by atoms with Crippen LogP contribution in [0.4, 0.5) is 17.1 Å². The molecular formula is C68H45NO. The molecule has 2 aliphatic carbocycles. The summed E-state index contributed by atoms with van der Waals surface area (Å²) in [6.07, 6.45) is 0. The molecule has 0 radical (unpaired) electrons. The van der Waals surface area contributed by atoms with E-state index in [0.29, 0.717) is 0 Å². The third-order valence-electron chi connectivity index (χ3n) is 15.2. The van der Waals surface area contributed by atoms with Crippen molar-refractivity contribution in [3.8, 4) is 33.4 Å². The van der Waals surface area contributed by atoms with E-state index in [1.165, 1.54) is 66.8 Å². The van der Waals surface area contributed by atoms with Crippen LogP contribution in [0.2, 0.25) is 0 Å². The van der Waals surface area contributed by atoms with Gasteiger partial charge in [0.15, 0.2) is 0 Å². The summed E-state index contributed by atoms with van der Waals surface area (Å²) in [6, 6.07) is 100. The van der Waals surface area contributed by atoms with Crippen LogP contribution >= 0.6 is 0 Å². The molecular weight excluding hydrogens is 847 g/mol. The predicted octanol–water partition coefficient (Wildman–Crippen LogP) is 17.4. The lowest BCUT2D eigenvalue weighted by Crippen LogP contribution is -2.29. The van der Waals surface area contributed by atoms with Crippen molar-refractivity contribution in [3.05, 3.63) is 317 Å². The summed E-state index contributed by atoms with van der Waals surface area (Å²) in [7, 11) is 0. The second-order valence-electron chi connectivity index (χ2n) is 18.7. The van der Waals surface area contributed by atoms with Crippen LogP contribution in [0.15, 0.2) is 277 Å². The van der Waals surface area contributed by atoms with E-state index in [0.717, 1.165) is 50.1 Å². The van der Waals surface area contributed by atoms with E-state index >= 15 is 0 Å². The minimum Gasteiger partial charge on any atom is -0.455 e. The van der Waals surface area contributed by atoms with Crippen molar-refractivity contribution in [2.24, 2.45) is 0 Å². The van der Waals surface area contributed by atoms with E-state index in [4.69, 9.17) is 4.42 Å². The summed E-state index contributed by atoms with van der Waals surface area (Å²) < 4.78 is 6.64. The molecule has 0 spiro atoms. The molecule has 1 aromatic heterocycles. The summed E-state index contributed by atoms with van der Waals surface area (Å²) in [4.78, 5) is 2.45. The highest BCUT2D eigenvalue weighted by Crippen LogP contribution is 2.59. The number of rotatable bonds is 8. The first-order chi connectivity index (χ1) is 34.7. The third kappa shape index (κ3) is 5.74. The Bertz CT molecular complexity index is 3860. The summed E-state index contributed by atoms with van der Waals surface area (Å²) in [6.45, 7) is 0. The van der Waals surface area contributed by atoms with Crippen LogP contribution < -0.4 is 4.90 Å². The van der Waals surface area contributed by atoms with E-state index in [-0.39, 0.29) is 0 Å². The quantitative estimate of drug-likeness (QED) is 0.151. The molecule has 0 N–H and O–H groups in total. The summed E-state index contributed by atoms with van der Waals surface area (Å²) in [5.41, 5.74) is 21.2. The Kier molecular flexibility index (Phi) is 9.06. The lowest BCUT2D eigenvalue weighted by Gasteiger charge is -2.35. The van der Waals surface area contributed by atoms with Gasteiger partial charge in [0, 0.05) is 33.4 Å². The van der Waals surface area contributed by atoms with Crippen molar-refractivity contribution in [1.29, 1.82) is 0 Å². The van der Waals surface area contributed by atoms with Crippen LogP contribution in [0, 0.1) is 0 Å². The zero-order valence-electron chi connectivity index (χ0n) is 38.3. The number of benzene rings is 11. The number of hydrogen-bond donors (Lipinski definition) is 0. The van der Waals surface area contributed by atoms with Crippen LogP contribution in [-0.4, -0.2) is 0 Å². The zero-order valence-corrected chi connectivity index (χ0v) is 38.3. The van der Waals surface area contributed by atoms with Gasteiger partial charge in [-0.15, -0.1) is 0 Å². The van der Waals surface area contributed by atoms with Crippen molar-refractivity contribution in [2.75, 3.05) is 4.90 Å². The van der Waals surface area contributed by atoms with Crippen LogP contribution in [0.1, 0.15) is 44.5 Å². The van der Waals surface area contributed by atoms with Gasteiger partial charge in [0.1, 0.15) is 11.2 Å². The van der Waals surface area contributed by atoms with Gasteiger partial charge >= 0.3 is 0 Å². The summed E-state index contributed by atoms with van der Waals surface area (Å²) >= 11 is 0. The Morgan fingerprint density at radius 3 is 1.30 bits per heavy atom. The molecule has 1 heterocycles. The van der Waals surface area contributed by atoms with Crippen molar-refractivity contribution in [2.45, 2.75) is 10.8 Å². The van der Waals surface area contributed by atoms with Gasteiger partial charge in [0.2, 0.25) is 0 Å². The van der Waals surface area contributed by atoms with Gasteiger partial charge < -0.3 is 9.32 Å². The fraction of sp³-hybridized carbons (Fsp3) is 0.0294. The molecule has 14 rings (SSSR count). The van der Waals surface area contributed by atoms with E-state index in [2.05, 4.69) is 272 Å². The van der Waals surface area contributed by atoms with Gasteiger partial charge in [-0.3, -0.25) is 0 Å². The van der Waals surface area contributed by atoms with Crippen LogP contribution in [0.25, 0.3) is 55.3 Å². The van der Waals surface area contributed by atoms with Crippen LogP contribution in [-0.2, 0) is 10.8 Å². The van der Waals surface area contributed by atoms with Gasteiger partial charge in [0.05, 0.1) is 10.8 Å². The first kappa shape index (κ1) is 40.1. The highest BCUT2D eigenvalue weighted by Gasteiger charge is 2.47. The minimum atomic E-state index is -0.551. The molecule has 70 heavy (non-hydrogen) atoms. The standard InChI is InChI=1S/C68H45NO/c1-4-21-47(22-5-1)67(61-34-14-10-28-55(61)56-29-11-15-35-62(56)67)50-38-40-51(41-39-50)69(52-27-18-20-46(44-52)54-32-19-33-60-59-31-13-17-37-65(59)70-66(54)60)53-42-43-58-57-30-12-16-36-63(57)68(64(58)45-53,48-23-6-2-7-24-48)49-25-8-3-9-26-49/h1-45H. The highest BCUT2D eigenvalue weighted by molar-refractivity contribution is 6.09. The van der Waals surface area contributed by atoms with Crippen LogP contribution in [0.3, 0.4) is 0 Å². The van der Waals surface area contributed by atoms with Crippen molar-refractivity contribution >= 4 is 39.0 Å². The fourth-order valence-electron chi connectivity index (χ4n) is 12.4. The molecule has 12 aromatic rings. The van der Waals surface area contributed by atoms with Gasteiger partial charge in [-0.05, 0) is 115 Å². The SMILES string of the molecule is c1ccc(C2(c3ccc(N(c4cccc(-c5cccc6c5oc5ccccc56)c4)c4ccc5c(c4)C(c4ccccc4)(c4ccccc4)c4ccccc4-5)cc3)c3ccccc3-c3ccccc32)cc1. The molecule has 0 aliphatic heterocycles. The first-order valence-electron chi connectivity index (χ1n) is 24.2. The molecule has 0 atom stereocenters. The average Bonchev–Trinajstić information content (AvgIpc) is 4.08. The van der Waals surface area contributed by atoms with Crippen molar-refractivity contribution in [3.63, 3.8) is 0 Å². The minimum absolute atomic E-state index is 0.507. The van der Waals surface area contributed by atoms with Gasteiger partial charge in [-0.1, -0.05) is 231 Å². The maximum Gasteiger partial charge on any atom is 0.143 e. The molecule has 0 bridgehead atoms. The molecule has 0 saturated carbocycles. The molecule has 0 unspecified atom stereocenters. The lowest BCUT2D eigenvalue weighted by molar-refractivity contribution is 0.670. The molecule has 2 aliphatic rings. The largest absolute Gasteiger partial charge is 0.455 e. The number of para-hydroxylation sites is 2. The molecule has 0 saturated heterocycles. The molecule has 11 aromatic carbocycles. The number of nitrogens with zero attached hydrogens (tertiary/aromatic N) is 1. The monoisotopic (exact) mass is 891 g/mol. The Morgan fingerprint density at radius 2 is 0.700 bits per heavy atom. The smallest absolute Gasteiger partial charge is 0.143 e. The summed E-state index contributed by atoms with van der Waals surface area (Å²) in [5, 5.41) is 2.24. The molecule has 0 amide bonds. The Labute approximate surface area is 408 Å². The van der Waals surface area contributed by atoms with E-state index in [1.807, 2.05) is 6.07 Å². The zero-order chi connectivity index (χ0) is 46.2. The maximum absolute atomic E-state index is 6.64. The first-order valence-corrected chi connectivity index (χ1v) is 24.2. The topological polar surface area (TPSA) is 16.4 Å². The third-order valence-corrected chi connectivity index (χ3v) is 15.2. The highest BCUT2D eigenvalue weighted by atomic mass is 16.3. The fourth-order valence-corrected chi connectivity index (χ4v) is 12.4. The Balaban J connectivity index is 1.00. The second-order valence-corrected chi connectivity index (χ2v) is 18.7. The molecule has 2 nitrogen and oxygen atoms in total. The Hall–Kier alpha value is -8.98.